The topological polar surface area (TPSA) is 118 Å². The Hall–Kier alpha value is -0.530. The summed E-state index contributed by atoms with van der Waals surface area (Å²) in [6, 6.07) is 0. The highest BCUT2D eigenvalue weighted by atomic mass is 16.3. The lowest BCUT2D eigenvalue weighted by Gasteiger charge is -1.96. The Morgan fingerprint density at radius 3 is 1.42 bits per heavy atom. The lowest BCUT2D eigenvalue weighted by atomic mass is 10.4. The summed E-state index contributed by atoms with van der Waals surface area (Å²) in [7, 11) is 0. The zero-order valence-electron chi connectivity index (χ0n) is 6.50. The Bertz CT molecular complexity index is 92.0. The van der Waals surface area contributed by atoms with E-state index in [1.54, 1.807) is 0 Å². The van der Waals surface area contributed by atoms with Crippen molar-refractivity contribution in [2.75, 3.05) is 19.8 Å². The lowest BCUT2D eigenvalue weighted by Crippen LogP contribution is -2.15. The third-order valence-corrected chi connectivity index (χ3v) is 0.766. The van der Waals surface area contributed by atoms with Crippen molar-refractivity contribution >= 4 is 6.29 Å². The fraction of sp³-hybridized carbons (Fsp3) is 0.833. The number of aliphatic hydroxyl groups is 5. The van der Waals surface area contributed by atoms with E-state index >= 15 is 0 Å². The van der Waals surface area contributed by atoms with Gasteiger partial charge in [0, 0.05) is 0 Å². The van der Waals surface area contributed by atoms with Gasteiger partial charge in [-0.25, -0.2) is 0 Å². The minimum Gasteiger partial charge on any atom is -0.394 e. The summed E-state index contributed by atoms with van der Waals surface area (Å²) in [6.07, 6.45) is -1.87. The molecule has 0 aromatic carbocycles. The van der Waals surface area contributed by atoms with Crippen molar-refractivity contribution in [1.29, 1.82) is 0 Å². The normalized spacial score (nSPS) is 11.8. The van der Waals surface area contributed by atoms with Gasteiger partial charge < -0.3 is 30.3 Å². The van der Waals surface area contributed by atoms with E-state index in [2.05, 4.69) is 0 Å². The molecule has 74 valence electrons. The highest BCUT2D eigenvalue weighted by Gasteiger charge is 1.93. The SMILES string of the molecule is O=C[C@H](O)CO.OCC(O)CO. The Morgan fingerprint density at radius 2 is 1.42 bits per heavy atom. The van der Waals surface area contributed by atoms with Crippen LogP contribution in [0.25, 0.3) is 0 Å². The first-order valence-electron chi connectivity index (χ1n) is 3.26. The molecule has 1 atom stereocenters. The second-order valence-corrected chi connectivity index (χ2v) is 1.90. The van der Waals surface area contributed by atoms with Crippen LogP contribution >= 0.6 is 0 Å². The van der Waals surface area contributed by atoms with Crippen LogP contribution in [0.1, 0.15) is 0 Å². The molecular weight excluding hydrogens is 168 g/mol. The van der Waals surface area contributed by atoms with E-state index in [0.29, 0.717) is 0 Å². The standard InChI is InChI=1S/C3H8O3.C3H6O3/c2*4-1-3(6)2-5/h3-6H,1-2H2;1,3,5-6H,2H2/t;3-/m.0/s1. The first kappa shape index (κ1) is 14.0. The number of hydrogen-bond acceptors (Lipinski definition) is 6. The molecule has 0 aliphatic rings. The van der Waals surface area contributed by atoms with Crippen LogP contribution in [0.3, 0.4) is 0 Å². The zero-order chi connectivity index (χ0) is 9.98. The molecule has 12 heavy (non-hydrogen) atoms. The number of carbonyl (C=O) groups is 1. The summed E-state index contributed by atoms with van der Waals surface area (Å²) in [5, 5.41) is 39.9. The van der Waals surface area contributed by atoms with Crippen LogP contribution < -0.4 is 0 Å². The molecule has 0 saturated heterocycles. The number of aliphatic hydroxyl groups excluding tert-OH is 5. The molecule has 0 aliphatic carbocycles. The van der Waals surface area contributed by atoms with Crippen molar-refractivity contribution in [1.82, 2.24) is 0 Å². The summed E-state index contributed by atoms with van der Waals surface area (Å²) < 4.78 is 0. The third-order valence-electron chi connectivity index (χ3n) is 0.766. The second kappa shape index (κ2) is 10.5. The molecular formula is C6H14O6. The van der Waals surface area contributed by atoms with Gasteiger partial charge in [0.1, 0.15) is 12.2 Å². The molecule has 0 unspecified atom stereocenters. The number of hydrogen-bond donors (Lipinski definition) is 5. The van der Waals surface area contributed by atoms with Crippen LogP contribution in [0.2, 0.25) is 0 Å². The molecule has 0 heterocycles. The molecule has 6 nitrogen and oxygen atoms in total. The van der Waals surface area contributed by atoms with E-state index < -0.39 is 18.8 Å². The second-order valence-electron chi connectivity index (χ2n) is 1.90. The number of carbonyl (C=O) groups excluding carboxylic acids is 1. The summed E-state index contributed by atoms with van der Waals surface area (Å²) in [4.78, 5) is 9.33. The van der Waals surface area contributed by atoms with E-state index in [1.807, 2.05) is 0 Å². The maximum atomic E-state index is 9.33. The molecule has 6 heteroatoms. The predicted molar refractivity (Wildman–Crippen MR) is 39.3 cm³/mol. The van der Waals surface area contributed by atoms with Crippen molar-refractivity contribution in [2.45, 2.75) is 12.2 Å². The molecule has 0 radical (unpaired) electrons. The van der Waals surface area contributed by atoms with Gasteiger partial charge >= 0.3 is 0 Å². The number of rotatable bonds is 4. The largest absolute Gasteiger partial charge is 0.394 e. The van der Waals surface area contributed by atoms with Crippen LogP contribution in [0, 0.1) is 0 Å². The van der Waals surface area contributed by atoms with Crippen molar-refractivity contribution < 1.29 is 30.3 Å². The Kier molecular flexibility index (Phi) is 12.2. The van der Waals surface area contributed by atoms with Gasteiger partial charge in [-0.3, -0.25) is 0 Å². The fourth-order valence-corrected chi connectivity index (χ4v) is 0.101. The maximum absolute atomic E-state index is 9.33. The van der Waals surface area contributed by atoms with Crippen molar-refractivity contribution in [3.63, 3.8) is 0 Å². The van der Waals surface area contributed by atoms with Crippen LogP contribution in [-0.2, 0) is 4.79 Å². The van der Waals surface area contributed by atoms with Gasteiger partial charge in [-0.05, 0) is 0 Å². The summed E-state index contributed by atoms with van der Waals surface area (Å²) in [5.74, 6) is 0. The molecule has 0 aliphatic heterocycles. The van der Waals surface area contributed by atoms with Crippen LogP contribution in [0.15, 0.2) is 0 Å². The van der Waals surface area contributed by atoms with E-state index in [1.165, 1.54) is 0 Å². The molecule has 0 fully saturated rings. The van der Waals surface area contributed by atoms with Gasteiger partial charge in [-0.2, -0.15) is 0 Å². The number of aldehydes is 1. The third kappa shape index (κ3) is 12.2. The average molecular weight is 182 g/mol. The van der Waals surface area contributed by atoms with Crippen molar-refractivity contribution in [3.05, 3.63) is 0 Å². The molecule has 0 aromatic heterocycles. The molecule has 0 saturated carbocycles. The van der Waals surface area contributed by atoms with Crippen LogP contribution in [0.4, 0.5) is 0 Å². The fourth-order valence-electron chi connectivity index (χ4n) is 0.101. The van der Waals surface area contributed by atoms with Crippen LogP contribution in [0.5, 0.6) is 0 Å². The average Bonchev–Trinajstić information content (AvgIpc) is 2.16. The van der Waals surface area contributed by atoms with Gasteiger partial charge in [-0.1, -0.05) is 0 Å². The molecule has 0 spiro atoms. The quantitative estimate of drug-likeness (QED) is 0.293. The van der Waals surface area contributed by atoms with Crippen LogP contribution in [-0.4, -0.2) is 63.8 Å². The maximum Gasteiger partial charge on any atom is 0.150 e. The Balaban J connectivity index is 0. The van der Waals surface area contributed by atoms with Gasteiger partial charge in [0.15, 0.2) is 6.29 Å². The Labute approximate surface area is 69.7 Å². The monoisotopic (exact) mass is 182 g/mol. The summed E-state index contributed by atoms with van der Waals surface area (Å²) in [6.45, 7) is -1.21. The zero-order valence-corrected chi connectivity index (χ0v) is 6.50. The molecule has 0 bridgehead atoms. The molecule has 0 rings (SSSR count). The van der Waals surface area contributed by atoms with E-state index in [4.69, 9.17) is 25.5 Å². The van der Waals surface area contributed by atoms with Gasteiger partial charge in [0.25, 0.3) is 0 Å². The van der Waals surface area contributed by atoms with E-state index in [-0.39, 0.29) is 19.5 Å². The Morgan fingerprint density at radius 1 is 1.00 bits per heavy atom. The predicted octanol–water partition coefficient (Wildman–Crippen LogP) is -3.13. The highest BCUT2D eigenvalue weighted by Crippen LogP contribution is 1.71. The molecule has 5 N–H and O–H groups in total. The van der Waals surface area contributed by atoms with E-state index in [9.17, 15) is 4.79 Å². The van der Waals surface area contributed by atoms with Gasteiger partial charge in [0.05, 0.1) is 19.8 Å². The van der Waals surface area contributed by atoms with Crippen molar-refractivity contribution in [2.24, 2.45) is 0 Å². The summed E-state index contributed by atoms with van der Waals surface area (Å²) >= 11 is 0. The first-order valence-corrected chi connectivity index (χ1v) is 3.26. The van der Waals surface area contributed by atoms with Gasteiger partial charge in [0.2, 0.25) is 0 Å². The smallest absolute Gasteiger partial charge is 0.150 e. The first-order chi connectivity index (χ1) is 5.62. The highest BCUT2D eigenvalue weighted by molar-refractivity contribution is 5.55. The minimum absolute atomic E-state index is 0.278. The van der Waals surface area contributed by atoms with Crippen molar-refractivity contribution in [3.8, 4) is 0 Å². The lowest BCUT2D eigenvalue weighted by molar-refractivity contribution is -0.116. The summed E-state index contributed by atoms with van der Waals surface area (Å²) in [5.41, 5.74) is 0. The van der Waals surface area contributed by atoms with Gasteiger partial charge in [-0.15, -0.1) is 0 Å². The minimum atomic E-state index is -1.19. The molecule has 0 amide bonds. The van der Waals surface area contributed by atoms with E-state index in [0.717, 1.165) is 0 Å². The molecule has 0 aromatic rings.